The van der Waals surface area contributed by atoms with E-state index >= 15 is 0 Å². The molecule has 80 valence electrons. The number of aliphatic hydroxyl groups is 1. The molecule has 1 unspecified atom stereocenters. The Bertz CT molecular complexity index is 423. The molecule has 0 fully saturated rings. The number of nitrogens with zero attached hydrogens (tertiary/aromatic N) is 3. The van der Waals surface area contributed by atoms with Gasteiger partial charge in [0.25, 0.3) is 0 Å². The van der Waals surface area contributed by atoms with Gasteiger partial charge in [-0.2, -0.15) is 0 Å². The summed E-state index contributed by atoms with van der Waals surface area (Å²) >= 11 is 0. The van der Waals surface area contributed by atoms with Crippen molar-refractivity contribution in [1.29, 1.82) is 0 Å². The van der Waals surface area contributed by atoms with Crippen molar-refractivity contribution in [3.8, 4) is 0 Å². The zero-order valence-electron chi connectivity index (χ0n) is 8.30. The molecule has 1 rings (SSSR count). The van der Waals surface area contributed by atoms with Gasteiger partial charge in [0.2, 0.25) is 0 Å². The van der Waals surface area contributed by atoms with Crippen molar-refractivity contribution in [2.45, 2.75) is 18.8 Å². The monoisotopic (exact) mass is 219 g/mol. The van der Waals surface area contributed by atoms with Crippen LogP contribution in [0.15, 0.2) is 0 Å². The Hall–Kier alpha value is -0.950. The van der Waals surface area contributed by atoms with Crippen molar-refractivity contribution < 1.29 is 13.5 Å². The summed E-state index contributed by atoms with van der Waals surface area (Å²) in [5.74, 6) is 0.701. The van der Waals surface area contributed by atoms with E-state index in [1.807, 2.05) is 0 Å². The first-order valence-electron chi connectivity index (χ1n) is 4.05. The van der Waals surface area contributed by atoms with Crippen LogP contribution in [0.5, 0.6) is 0 Å². The van der Waals surface area contributed by atoms with Crippen LogP contribution in [-0.2, 0) is 23.5 Å². The third-order valence-corrected chi connectivity index (χ3v) is 3.64. The normalized spacial score (nSPS) is 14.3. The van der Waals surface area contributed by atoms with E-state index in [4.69, 9.17) is 5.11 Å². The molecular weight excluding hydrogens is 206 g/mol. The molecule has 1 aromatic rings. The van der Waals surface area contributed by atoms with Crippen molar-refractivity contribution in [2.24, 2.45) is 7.05 Å². The average Bonchev–Trinajstić information content (AvgIpc) is 2.43. The molecule has 14 heavy (non-hydrogen) atoms. The SMILES string of the molecule is CC(c1nnc(CO)n1C)S(C)(=O)=O. The van der Waals surface area contributed by atoms with Gasteiger partial charge in [0.15, 0.2) is 21.5 Å². The molecule has 1 aromatic heterocycles. The lowest BCUT2D eigenvalue weighted by molar-refractivity contribution is 0.266. The molecule has 0 saturated heterocycles. The Labute approximate surface area is 82.5 Å². The predicted molar refractivity (Wildman–Crippen MR) is 50.2 cm³/mol. The van der Waals surface area contributed by atoms with Crippen LogP contribution in [0.3, 0.4) is 0 Å². The lowest BCUT2D eigenvalue weighted by Crippen LogP contribution is -2.13. The number of rotatable bonds is 3. The Morgan fingerprint density at radius 1 is 1.50 bits per heavy atom. The van der Waals surface area contributed by atoms with E-state index in [1.54, 1.807) is 14.0 Å². The van der Waals surface area contributed by atoms with E-state index in [-0.39, 0.29) is 6.61 Å². The molecule has 0 saturated carbocycles. The highest BCUT2D eigenvalue weighted by Gasteiger charge is 2.23. The maximum absolute atomic E-state index is 11.2. The summed E-state index contributed by atoms with van der Waals surface area (Å²) in [5, 5.41) is 15.5. The minimum absolute atomic E-state index is 0.250. The minimum Gasteiger partial charge on any atom is -0.388 e. The van der Waals surface area contributed by atoms with Crippen molar-refractivity contribution in [3.05, 3.63) is 11.6 Å². The Kier molecular flexibility index (Phi) is 2.91. The number of hydrogen-bond acceptors (Lipinski definition) is 5. The van der Waals surface area contributed by atoms with E-state index in [9.17, 15) is 8.42 Å². The minimum atomic E-state index is -3.18. The summed E-state index contributed by atoms with van der Waals surface area (Å²) in [7, 11) is -1.55. The van der Waals surface area contributed by atoms with Crippen LogP contribution < -0.4 is 0 Å². The second-order valence-corrected chi connectivity index (χ2v) is 5.53. The molecule has 1 N–H and O–H groups in total. The zero-order chi connectivity index (χ0) is 10.9. The predicted octanol–water partition coefficient (Wildman–Crippen LogP) is -0.587. The average molecular weight is 219 g/mol. The maximum atomic E-state index is 11.2. The Morgan fingerprint density at radius 2 is 2.07 bits per heavy atom. The van der Waals surface area contributed by atoms with Crippen molar-refractivity contribution >= 4 is 9.84 Å². The van der Waals surface area contributed by atoms with Crippen molar-refractivity contribution in [1.82, 2.24) is 14.8 Å². The maximum Gasteiger partial charge on any atom is 0.158 e. The van der Waals surface area contributed by atoms with Gasteiger partial charge in [-0.3, -0.25) is 0 Å². The molecule has 0 spiro atoms. The third kappa shape index (κ3) is 1.93. The molecular formula is C7H13N3O3S. The van der Waals surface area contributed by atoms with Gasteiger partial charge in [-0.15, -0.1) is 10.2 Å². The van der Waals surface area contributed by atoms with E-state index < -0.39 is 15.1 Å². The molecule has 0 aliphatic carbocycles. The highest BCUT2D eigenvalue weighted by Crippen LogP contribution is 2.18. The fourth-order valence-corrected chi connectivity index (χ4v) is 1.65. The molecule has 0 aromatic carbocycles. The second kappa shape index (κ2) is 3.66. The van der Waals surface area contributed by atoms with Crippen LogP contribution in [0.2, 0.25) is 0 Å². The number of aliphatic hydroxyl groups excluding tert-OH is 1. The Morgan fingerprint density at radius 3 is 2.43 bits per heavy atom. The van der Waals surface area contributed by atoms with Gasteiger partial charge < -0.3 is 9.67 Å². The Balaban J connectivity index is 3.15. The molecule has 1 heterocycles. The summed E-state index contributed by atoms with van der Waals surface area (Å²) in [5.41, 5.74) is 0. The van der Waals surface area contributed by atoms with Gasteiger partial charge in [-0.1, -0.05) is 0 Å². The quantitative estimate of drug-likeness (QED) is 0.734. The van der Waals surface area contributed by atoms with Gasteiger partial charge >= 0.3 is 0 Å². The summed E-state index contributed by atoms with van der Waals surface area (Å²) in [6, 6.07) is 0. The van der Waals surface area contributed by atoms with Crippen molar-refractivity contribution in [2.75, 3.05) is 6.26 Å². The van der Waals surface area contributed by atoms with Crippen molar-refractivity contribution in [3.63, 3.8) is 0 Å². The first-order valence-corrected chi connectivity index (χ1v) is 6.01. The number of sulfone groups is 1. The molecule has 0 amide bonds. The zero-order valence-corrected chi connectivity index (χ0v) is 9.11. The third-order valence-electron chi connectivity index (χ3n) is 2.15. The van der Waals surface area contributed by atoms with Gasteiger partial charge in [-0.25, -0.2) is 8.42 Å². The smallest absolute Gasteiger partial charge is 0.158 e. The topological polar surface area (TPSA) is 85.1 Å². The first kappa shape index (κ1) is 11.1. The molecule has 0 radical (unpaired) electrons. The van der Waals surface area contributed by atoms with Crippen LogP contribution in [0.1, 0.15) is 23.8 Å². The second-order valence-electron chi connectivity index (χ2n) is 3.16. The molecule has 0 aliphatic rings. The standard InChI is InChI=1S/C7H13N3O3S/c1-5(14(3,12)13)7-9-8-6(4-11)10(7)2/h5,11H,4H2,1-3H3. The summed E-state index contributed by atoms with van der Waals surface area (Å²) in [6.07, 6.45) is 1.14. The van der Waals surface area contributed by atoms with Gasteiger partial charge in [0.1, 0.15) is 11.9 Å². The largest absolute Gasteiger partial charge is 0.388 e. The lowest BCUT2D eigenvalue weighted by atomic mass is 10.4. The molecule has 0 aliphatic heterocycles. The summed E-state index contributed by atoms with van der Waals surface area (Å²) in [4.78, 5) is 0. The van der Waals surface area contributed by atoms with E-state index in [0.717, 1.165) is 6.26 Å². The first-order chi connectivity index (χ1) is 6.38. The molecule has 6 nitrogen and oxygen atoms in total. The molecule has 7 heteroatoms. The summed E-state index contributed by atoms with van der Waals surface area (Å²) in [6.45, 7) is 1.29. The van der Waals surface area contributed by atoms with Crippen LogP contribution >= 0.6 is 0 Å². The lowest BCUT2D eigenvalue weighted by Gasteiger charge is -2.08. The number of aromatic nitrogens is 3. The highest BCUT2D eigenvalue weighted by atomic mass is 32.2. The fourth-order valence-electron chi connectivity index (χ4n) is 1.06. The van der Waals surface area contributed by atoms with Crippen LogP contribution in [-0.4, -0.2) is 34.5 Å². The fraction of sp³-hybridized carbons (Fsp3) is 0.714. The van der Waals surface area contributed by atoms with Gasteiger partial charge in [0, 0.05) is 13.3 Å². The van der Waals surface area contributed by atoms with Crippen LogP contribution in [0.4, 0.5) is 0 Å². The van der Waals surface area contributed by atoms with Crippen LogP contribution in [0, 0.1) is 0 Å². The van der Waals surface area contributed by atoms with Gasteiger partial charge in [0.05, 0.1) is 0 Å². The van der Waals surface area contributed by atoms with E-state index in [0.29, 0.717) is 11.6 Å². The van der Waals surface area contributed by atoms with Gasteiger partial charge in [-0.05, 0) is 6.92 Å². The number of hydrogen-bond donors (Lipinski definition) is 1. The molecule has 0 bridgehead atoms. The van der Waals surface area contributed by atoms with E-state index in [2.05, 4.69) is 10.2 Å². The highest BCUT2D eigenvalue weighted by molar-refractivity contribution is 7.90. The molecule has 1 atom stereocenters. The van der Waals surface area contributed by atoms with E-state index in [1.165, 1.54) is 4.57 Å². The van der Waals surface area contributed by atoms with Crippen LogP contribution in [0.25, 0.3) is 0 Å². The summed E-state index contributed by atoms with van der Waals surface area (Å²) < 4.78 is 24.0.